The Bertz CT molecular complexity index is 1310. The quantitative estimate of drug-likeness (QED) is 0.0345. The molecular weight excluding hydrogens is 907 g/mol. The van der Waals surface area contributed by atoms with Crippen LogP contribution in [0.15, 0.2) is 0 Å². The van der Waals surface area contributed by atoms with E-state index in [-0.39, 0.29) is 103 Å². The van der Waals surface area contributed by atoms with Crippen molar-refractivity contribution in [3.63, 3.8) is 0 Å². The highest BCUT2D eigenvalue weighted by Crippen LogP contribution is 2.25. The maximum atomic E-state index is 12.8. The van der Waals surface area contributed by atoms with Gasteiger partial charge in [-0.1, -0.05) is 168 Å². The first-order valence-electron chi connectivity index (χ1n) is 28.9. The van der Waals surface area contributed by atoms with Crippen molar-refractivity contribution in [1.82, 2.24) is 4.90 Å². The van der Waals surface area contributed by atoms with Gasteiger partial charge in [0.2, 0.25) is 0 Å². The topological polar surface area (TPSA) is 181 Å². The smallest absolute Gasteiger partial charge is 0.306 e. The molecule has 1 unspecified atom stereocenters. The van der Waals surface area contributed by atoms with Crippen LogP contribution in [0.1, 0.15) is 252 Å². The number of carbonyl (C=O) groups excluding carboxylic acids is 6. The van der Waals surface area contributed by atoms with Crippen LogP contribution in [0.25, 0.3) is 0 Å². The van der Waals surface area contributed by atoms with E-state index in [4.69, 9.17) is 28.4 Å². The molecule has 414 valence electrons. The molecule has 1 fully saturated rings. The first-order valence-corrected chi connectivity index (χ1v) is 28.9. The van der Waals surface area contributed by atoms with Crippen LogP contribution >= 0.6 is 0 Å². The lowest BCUT2D eigenvalue weighted by Crippen LogP contribution is -2.42. The summed E-state index contributed by atoms with van der Waals surface area (Å²) in [6.45, 7) is 7.37. The summed E-state index contributed by atoms with van der Waals surface area (Å²) in [5.41, 5.74) is 0. The average molecular weight is 1010 g/mol. The Kier molecular flexibility index (Phi) is 44.2. The Balaban J connectivity index is 2.59. The van der Waals surface area contributed by atoms with E-state index in [1.807, 2.05) is 0 Å². The SMILES string of the molecule is CCCCCCCCCCCCCCCCCC(=O)OCC(COC(=O)CCCCN(CCO)C1CCC1)COC(=O)CCC(=O)OCC(COC(=O)CCCCCCC)COC(=O)CCCCCCC. The van der Waals surface area contributed by atoms with Crippen molar-refractivity contribution in [3.05, 3.63) is 0 Å². The molecule has 14 nitrogen and oxygen atoms in total. The van der Waals surface area contributed by atoms with E-state index in [1.54, 1.807) is 0 Å². The van der Waals surface area contributed by atoms with Crippen molar-refractivity contribution < 1.29 is 62.3 Å². The third-order valence-corrected chi connectivity index (χ3v) is 13.4. The number of hydrogen-bond donors (Lipinski definition) is 1. The number of ether oxygens (including phenoxy) is 6. The van der Waals surface area contributed by atoms with Crippen LogP contribution in [0.3, 0.4) is 0 Å². The molecule has 0 aromatic carbocycles. The van der Waals surface area contributed by atoms with E-state index in [0.29, 0.717) is 19.0 Å². The van der Waals surface area contributed by atoms with E-state index in [1.165, 1.54) is 77.0 Å². The monoisotopic (exact) mass is 1010 g/mol. The highest BCUT2D eigenvalue weighted by atomic mass is 16.6. The average Bonchev–Trinajstić information content (AvgIpc) is 3.34. The van der Waals surface area contributed by atoms with Crippen molar-refractivity contribution in [3.8, 4) is 0 Å². The van der Waals surface area contributed by atoms with Crippen molar-refractivity contribution in [2.75, 3.05) is 59.3 Å². The number of unbranched alkanes of at least 4 members (excludes halogenated alkanes) is 23. The van der Waals surface area contributed by atoms with Crippen molar-refractivity contribution in [2.45, 2.75) is 258 Å². The molecule has 1 aliphatic carbocycles. The summed E-state index contributed by atoms with van der Waals surface area (Å²) in [5, 5.41) is 9.46. The molecule has 0 aliphatic heterocycles. The van der Waals surface area contributed by atoms with E-state index in [0.717, 1.165) is 116 Å². The summed E-state index contributed by atoms with van der Waals surface area (Å²) in [6, 6.07) is 0.507. The maximum Gasteiger partial charge on any atom is 0.306 e. The van der Waals surface area contributed by atoms with Crippen molar-refractivity contribution in [2.24, 2.45) is 11.8 Å². The molecule has 0 radical (unpaired) electrons. The first-order chi connectivity index (χ1) is 34.6. The standard InChI is InChI=1S/C57H103NO13/c1-4-7-10-13-14-15-16-17-18-19-20-21-22-25-28-36-54(62)68-45-50(46-69-55(63)37-29-30-40-58(41-42-59)51-32-31-33-51)48-71-57(65)39-38-56(64)70-47-49(43-66-52(60)34-26-23-11-8-5-2)44-67-53(61)35-27-24-12-9-6-3/h49-51,59H,4-48H2,1-3H3. The highest BCUT2D eigenvalue weighted by Gasteiger charge is 2.25. The number of esters is 6. The minimum atomic E-state index is -0.668. The molecule has 0 spiro atoms. The molecule has 1 rings (SSSR count). The number of nitrogens with zero attached hydrogens (tertiary/aromatic N) is 1. The molecule has 0 heterocycles. The van der Waals surface area contributed by atoms with Crippen molar-refractivity contribution >= 4 is 35.8 Å². The third-order valence-electron chi connectivity index (χ3n) is 13.4. The molecule has 0 amide bonds. The molecular formula is C57H103NO13. The highest BCUT2D eigenvalue weighted by molar-refractivity contribution is 5.77. The Morgan fingerprint density at radius 3 is 0.873 bits per heavy atom. The molecule has 1 N–H and O–H groups in total. The zero-order chi connectivity index (χ0) is 51.8. The van der Waals surface area contributed by atoms with Gasteiger partial charge >= 0.3 is 35.8 Å². The molecule has 0 bridgehead atoms. The van der Waals surface area contributed by atoms with E-state index < -0.39 is 29.7 Å². The van der Waals surface area contributed by atoms with Gasteiger partial charge in [0.15, 0.2) is 0 Å². The first kappa shape index (κ1) is 65.8. The Morgan fingerprint density at radius 2 is 0.620 bits per heavy atom. The van der Waals surface area contributed by atoms with Crippen molar-refractivity contribution in [1.29, 1.82) is 0 Å². The molecule has 0 aromatic heterocycles. The van der Waals surface area contributed by atoms with Crippen LogP contribution < -0.4 is 0 Å². The normalized spacial score (nSPS) is 12.9. The summed E-state index contributed by atoms with van der Waals surface area (Å²) in [7, 11) is 0. The molecule has 0 saturated heterocycles. The summed E-state index contributed by atoms with van der Waals surface area (Å²) in [5.74, 6) is -3.95. The van der Waals surface area contributed by atoms with Crippen LogP contribution in [0.5, 0.6) is 0 Å². The third kappa shape index (κ3) is 40.9. The number of aliphatic hydroxyl groups excluding tert-OH is 1. The Labute approximate surface area is 430 Å². The van der Waals surface area contributed by atoms with Crippen LogP contribution in [-0.2, 0) is 57.2 Å². The van der Waals surface area contributed by atoms with Crippen LogP contribution in [0.4, 0.5) is 0 Å². The van der Waals surface area contributed by atoms with Gasteiger partial charge < -0.3 is 33.5 Å². The number of carbonyl (C=O) groups is 6. The lowest BCUT2D eigenvalue weighted by atomic mass is 9.91. The van der Waals surface area contributed by atoms with Gasteiger partial charge in [-0.15, -0.1) is 0 Å². The molecule has 1 aliphatic rings. The fraction of sp³-hybridized carbons (Fsp3) is 0.895. The van der Waals surface area contributed by atoms with Gasteiger partial charge in [0, 0.05) is 38.3 Å². The number of hydrogen-bond acceptors (Lipinski definition) is 14. The summed E-state index contributed by atoms with van der Waals surface area (Å²) < 4.78 is 33.0. The molecule has 1 atom stereocenters. The predicted octanol–water partition coefficient (Wildman–Crippen LogP) is 12.3. The zero-order valence-corrected chi connectivity index (χ0v) is 45.3. The van der Waals surface area contributed by atoms with Gasteiger partial charge in [0.25, 0.3) is 0 Å². The predicted molar refractivity (Wildman–Crippen MR) is 278 cm³/mol. The number of aliphatic hydroxyl groups is 1. The van der Waals surface area contributed by atoms with Gasteiger partial charge in [-0.3, -0.25) is 33.7 Å². The summed E-state index contributed by atoms with van der Waals surface area (Å²) in [4.78, 5) is 78.3. The van der Waals surface area contributed by atoms with Gasteiger partial charge in [-0.25, -0.2) is 0 Å². The second-order valence-electron chi connectivity index (χ2n) is 20.2. The minimum Gasteiger partial charge on any atom is -0.465 e. The number of rotatable bonds is 51. The van der Waals surface area contributed by atoms with Gasteiger partial charge in [-0.05, 0) is 51.5 Å². The second-order valence-corrected chi connectivity index (χ2v) is 20.2. The maximum absolute atomic E-state index is 12.8. The molecule has 71 heavy (non-hydrogen) atoms. The van der Waals surface area contributed by atoms with E-state index in [9.17, 15) is 33.9 Å². The van der Waals surface area contributed by atoms with Crippen LogP contribution in [0, 0.1) is 11.8 Å². The molecule has 1 saturated carbocycles. The molecule has 14 heteroatoms. The fourth-order valence-electron chi connectivity index (χ4n) is 8.52. The van der Waals surface area contributed by atoms with Gasteiger partial charge in [0.1, 0.15) is 39.6 Å². The van der Waals surface area contributed by atoms with Crippen LogP contribution in [-0.4, -0.2) is 111 Å². The van der Waals surface area contributed by atoms with E-state index >= 15 is 0 Å². The lowest BCUT2D eigenvalue weighted by Gasteiger charge is -2.37. The Hall–Kier alpha value is -3.26. The minimum absolute atomic E-state index is 0.0768. The summed E-state index contributed by atoms with van der Waals surface area (Å²) >= 11 is 0. The zero-order valence-electron chi connectivity index (χ0n) is 45.3. The summed E-state index contributed by atoms with van der Waals surface area (Å²) in [6.07, 6.45) is 33.8. The van der Waals surface area contributed by atoms with Gasteiger partial charge in [0.05, 0.1) is 31.3 Å². The Morgan fingerprint density at radius 1 is 0.366 bits per heavy atom. The largest absolute Gasteiger partial charge is 0.465 e. The molecule has 0 aromatic rings. The van der Waals surface area contributed by atoms with Gasteiger partial charge in [-0.2, -0.15) is 0 Å². The fourth-order valence-corrected chi connectivity index (χ4v) is 8.52. The lowest BCUT2D eigenvalue weighted by molar-refractivity contribution is -0.158. The second kappa shape index (κ2) is 47.7. The van der Waals surface area contributed by atoms with E-state index in [2.05, 4.69) is 25.7 Å². The van der Waals surface area contributed by atoms with Crippen LogP contribution in [0.2, 0.25) is 0 Å².